The van der Waals surface area contributed by atoms with Gasteiger partial charge < -0.3 is 4.98 Å². The molecule has 3 aliphatic rings. The highest BCUT2D eigenvalue weighted by Crippen LogP contribution is 2.63. The SMILES string of the molecule is C[C@@]12CC=CC[C@]1(C)[C@@H]1c3[nH]c4ccccc4c3CCN1C2. The average Bonchev–Trinajstić information content (AvgIpc) is 2.99. The Morgan fingerprint density at radius 2 is 1.95 bits per heavy atom. The van der Waals surface area contributed by atoms with Gasteiger partial charge in [-0.15, -0.1) is 0 Å². The summed E-state index contributed by atoms with van der Waals surface area (Å²) in [5.41, 5.74) is 5.16. The van der Waals surface area contributed by atoms with Crippen LogP contribution < -0.4 is 0 Å². The molecule has 2 nitrogen and oxygen atoms in total. The molecule has 1 aliphatic carbocycles. The number of hydrogen-bond donors (Lipinski definition) is 1. The van der Waals surface area contributed by atoms with Crippen LogP contribution in [-0.2, 0) is 6.42 Å². The molecule has 114 valence electrons. The molecule has 3 heterocycles. The Labute approximate surface area is 132 Å². The summed E-state index contributed by atoms with van der Waals surface area (Å²) >= 11 is 0. The van der Waals surface area contributed by atoms with E-state index in [4.69, 9.17) is 0 Å². The normalized spacial score (nSPS) is 37.1. The number of allylic oxidation sites excluding steroid dienone is 2. The number of aromatic nitrogens is 1. The molecule has 0 radical (unpaired) electrons. The predicted molar refractivity (Wildman–Crippen MR) is 90.9 cm³/mol. The molecule has 0 spiro atoms. The summed E-state index contributed by atoms with van der Waals surface area (Å²) in [7, 11) is 0. The summed E-state index contributed by atoms with van der Waals surface area (Å²) in [6.45, 7) is 7.50. The third-order valence-corrected chi connectivity index (χ3v) is 6.95. The molecule has 5 rings (SSSR count). The monoisotopic (exact) mass is 292 g/mol. The van der Waals surface area contributed by atoms with Crippen LogP contribution in [0, 0.1) is 10.8 Å². The quantitative estimate of drug-likeness (QED) is 0.711. The van der Waals surface area contributed by atoms with Crippen LogP contribution in [-0.4, -0.2) is 23.0 Å². The fourth-order valence-corrected chi connectivity index (χ4v) is 5.47. The third kappa shape index (κ3) is 1.40. The Hall–Kier alpha value is -1.54. The Kier molecular flexibility index (Phi) is 2.38. The molecule has 2 heteroatoms. The first-order chi connectivity index (χ1) is 10.6. The molecule has 3 atom stereocenters. The largest absolute Gasteiger partial charge is 0.357 e. The Balaban J connectivity index is 1.74. The second kappa shape index (κ2) is 4.05. The van der Waals surface area contributed by atoms with Crippen molar-refractivity contribution >= 4 is 10.9 Å². The summed E-state index contributed by atoms with van der Waals surface area (Å²) in [5.74, 6) is 0. The number of benzene rings is 1. The molecule has 22 heavy (non-hydrogen) atoms. The van der Waals surface area contributed by atoms with Gasteiger partial charge in [-0.2, -0.15) is 0 Å². The van der Waals surface area contributed by atoms with Crippen molar-refractivity contribution in [2.24, 2.45) is 10.8 Å². The van der Waals surface area contributed by atoms with Gasteiger partial charge in [-0.25, -0.2) is 0 Å². The van der Waals surface area contributed by atoms with Gasteiger partial charge in [0.25, 0.3) is 0 Å². The van der Waals surface area contributed by atoms with Gasteiger partial charge in [0.1, 0.15) is 0 Å². The summed E-state index contributed by atoms with van der Waals surface area (Å²) in [4.78, 5) is 6.55. The van der Waals surface area contributed by atoms with Crippen molar-refractivity contribution in [3.8, 4) is 0 Å². The number of nitrogens with one attached hydrogen (secondary N) is 1. The number of rotatable bonds is 0. The van der Waals surface area contributed by atoms with Gasteiger partial charge >= 0.3 is 0 Å². The first-order valence-corrected chi connectivity index (χ1v) is 8.61. The van der Waals surface area contributed by atoms with Crippen molar-refractivity contribution in [2.75, 3.05) is 13.1 Å². The minimum Gasteiger partial charge on any atom is -0.357 e. The van der Waals surface area contributed by atoms with Crippen LogP contribution in [0.2, 0.25) is 0 Å². The lowest BCUT2D eigenvalue weighted by atomic mass is 9.58. The summed E-state index contributed by atoms with van der Waals surface area (Å²) in [6, 6.07) is 9.39. The number of aromatic amines is 1. The van der Waals surface area contributed by atoms with Crippen LogP contribution in [0.1, 0.15) is 44.0 Å². The number of H-pyrrole nitrogens is 1. The lowest BCUT2D eigenvalue weighted by molar-refractivity contribution is 0.0856. The molecule has 0 saturated carbocycles. The Morgan fingerprint density at radius 1 is 1.14 bits per heavy atom. The van der Waals surface area contributed by atoms with Gasteiger partial charge in [0, 0.05) is 29.7 Å². The van der Waals surface area contributed by atoms with Crippen LogP contribution in [0.4, 0.5) is 0 Å². The van der Waals surface area contributed by atoms with E-state index in [0.29, 0.717) is 16.9 Å². The van der Waals surface area contributed by atoms with Crippen LogP contribution in [0.15, 0.2) is 36.4 Å². The molecule has 1 aromatic carbocycles. The second-order valence-electron chi connectivity index (χ2n) is 8.04. The Bertz CT molecular complexity index is 786. The standard InChI is InChI=1S/C20H24N2/c1-19-10-5-6-11-20(19,2)18-17-15(9-12-22(18)13-19)14-7-3-4-8-16(14)21-17/h3-8,18,21H,9-13H2,1-2H3/t18-,19-,20+/m0/s1. The molecule has 1 fully saturated rings. The van der Waals surface area contributed by atoms with Gasteiger partial charge in [-0.1, -0.05) is 44.2 Å². The lowest BCUT2D eigenvalue weighted by Crippen LogP contribution is -2.40. The highest BCUT2D eigenvalue weighted by atomic mass is 15.2. The topological polar surface area (TPSA) is 19.0 Å². The predicted octanol–water partition coefficient (Wildman–Crippen LogP) is 4.44. The zero-order valence-electron chi connectivity index (χ0n) is 13.5. The average molecular weight is 292 g/mol. The molecule has 2 aromatic rings. The van der Waals surface area contributed by atoms with Crippen LogP contribution in [0.25, 0.3) is 10.9 Å². The number of nitrogens with zero attached hydrogens (tertiary/aromatic N) is 1. The van der Waals surface area contributed by atoms with Gasteiger partial charge in [0.05, 0.1) is 6.04 Å². The first kappa shape index (κ1) is 13.0. The fraction of sp³-hybridized carbons (Fsp3) is 0.500. The minimum absolute atomic E-state index is 0.345. The zero-order valence-corrected chi connectivity index (χ0v) is 13.5. The van der Waals surface area contributed by atoms with Crippen molar-refractivity contribution < 1.29 is 0 Å². The smallest absolute Gasteiger partial charge is 0.0564 e. The van der Waals surface area contributed by atoms with Crippen molar-refractivity contribution in [3.05, 3.63) is 47.7 Å². The molecule has 1 N–H and O–H groups in total. The molecule has 0 bridgehead atoms. The highest BCUT2D eigenvalue weighted by molar-refractivity contribution is 5.85. The zero-order chi connectivity index (χ0) is 14.9. The first-order valence-electron chi connectivity index (χ1n) is 8.61. The van der Waals surface area contributed by atoms with E-state index in [2.05, 4.69) is 60.1 Å². The number of fused-ring (bicyclic) bond motifs is 7. The van der Waals surface area contributed by atoms with Crippen LogP contribution in [0.3, 0.4) is 0 Å². The summed E-state index contributed by atoms with van der Waals surface area (Å²) in [5, 5.41) is 1.45. The molecule has 0 unspecified atom stereocenters. The van der Waals surface area contributed by atoms with E-state index in [1.165, 1.54) is 48.9 Å². The molecular formula is C20H24N2. The van der Waals surface area contributed by atoms with E-state index >= 15 is 0 Å². The van der Waals surface area contributed by atoms with Gasteiger partial charge in [-0.3, -0.25) is 4.90 Å². The van der Waals surface area contributed by atoms with Gasteiger partial charge in [0.2, 0.25) is 0 Å². The molecule has 0 amide bonds. The summed E-state index contributed by atoms with van der Waals surface area (Å²) < 4.78 is 0. The van der Waals surface area contributed by atoms with E-state index < -0.39 is 0 Å². The number of hydrogen-bond acceptors (Lipinski definition) is 1. The van der Waals surface area contributed by atoms with E-state index in [1.807, 2.05) is 0 Å². The van der Waals surface area contributed by atoms with E-state index in [-0.39, 0.29) is 0 Å². The van der Waals surface area contributed by atoms with E-state index in [0.717, 1.165) is 0 Å². The maximum atomic E-state index is 3.80. The minimum atomic E-state index is 0.345. The third-order valence-electron chi connectivity index (χ3n) is 6.95. The maximum absolute atomic E-state index is 3.80. The molecular weight excluding hydrogens is 268 g/mol. The summed E-state index contributed by atoms with van der Waals surface area (Å²) in [6.07, 6.45) is 8.45. The highest BCUT2D eigenvalue weighted by Gasteiger charge is 2.59. The number of para-hydroxylation sites is 1. The molecule has 2 aliphatic heterocycles. The van der Waals surface area contributed by atoms with Crippen molar-refractivity contribution in [3.63, 3.8) is 0 Å². The van der Waals surface area contributed by atoms with Crippen LogP contribution >= 0.6 is 0 Å². The molecule has 1 aromatic heterocycles. The van der Waals surface area contributed by atoms with Gasteiger partial charge in [0.15, 0.2) is 0 Å². The van der Waals surface area contributed by atoms with E-state index in [9.17, 15) is 0 Å². The van der Waals surface area contributed by atoms with Crippen molar-refractivity contribution in [2.45, 2.75) is 39.2 Å². The fourth-order valence-electron chi connectivity index (χ4n) is 5.47. The second-order valence-corrected chi connectivity index (χ2v) is 8.04. The van der Waals surface area contributed by atoms with Crippen LogP contribution in [0.5, 0.6) is 0 Å². The lowest BCUT2D eigenvalue weighted by Gasteiger charge is -2.46. The van der Waals surface area contributed by atoms with Crippen molar-refractivity contribution in [1.29, 1.82) is 0 Å². The van der Waals surface area contributed by atoms with Crippen molar-refractivity contribution in [1.82, 2.24) is 9.88 Å². The van der Waals surface area contributed by atoms with Gasteiger partial charge in [-0.05, 0) is 41.7 Å². The van der Waals surface area contributed by atoms with E-state index in [1.54, 1.807) is 5.56 Å². The molecule has 1 saturated heterocycles. The Morgan fingerprint density at radius 3 is 2.86 bits per heavy atom. The maximum Gasteiger partial charge on any atom is 0.0564 e.